The lowest BCUT2D eigenvalue weighted by molar-refractivity contribution is -0.144. The Bertz CT molecular complexity index is 585. The van der Waals surface area contributed by atoms with Gasteiger partial charge in [-0.25, -0.2) is 14.4 Å². The first-order chi connectivity index (χ1) is 10.8. The van der Waals surface area contributed by atoms with Crippen LogP contribution in [0.5, 0.6) is 0 Å². The summed E-state index contributed by atoms with van der Waals surface area (Å²) in [5.74, 6) is -1.80. The van der Waals surface area contributed by atoms with Gasteiger partial charge in [0.25, 0.3) is 0 Å². The zero-order chi connectivity index (χ0) is 17.4. The number of nitrogens with one attached hydrogen (secondary N) is 2. The molecular weight excluding hydrogens is 300 g/mol. The van der Waals surface area contributed by atoms with Crippen LogP contribution >= 0.6 is 0 Å². The van der Waals surface area contributed by atoms with Gasteiger partial charge in [-0.2, -0.15) is 0 Å². The predicted molar refractivity (Wildman–Crippen MR) is 83.6 cm³/mol. The second-order valence-corrected chi connectivity index (χ2v) is 5.03. The second-order valence-electron chi connectivity index (χ2n) is 5.03. The summed E-state index contributed by atoms with van der Waals surface area (Å²) in [6.45, 7) is 6.36. The first kappa shape index (κ1) is 18.2. The first-order valence-corrected chi connectivity index (χ1v) is 7.00. The van der Waals surface area contributed by atoms with Crippen molar-refractivity contribution in [3.8, 4) is 0 Å². The van der Waals surface area contributed by atoms with Gasteiger partial charge in [-0.3, -0.25) is 0 Å². The average Bonchev–Trinajstić information content (AvgIpc) is 2.47. The van der Waals surface area contributed by atoms with Crippen LogP contribution in [0.15, 0.2) is 42.5 Å². The van der Waals surface area contributed by atoms with E-state index in [4.69, 9.17) is 4.74 Å². The Labute approximate surface area is 134 Å². The van der Waals surface area contributed by atoms with E-state index in [0.717, 1.165) is 5.56 Å². The van der Waals surface area contributed by atoms with Gasteiger partial charge in [0.15, 0.2) is 6.23 Å². The third kappa shape index (κ3) is 6.64. The summed E-state index contributed by atoms with van der Waals surface area (Å²) in [6, 6.07) is 7.09. The van der Waals surface area contributed by atoms with Crippen LogP contribution in [-0.4, -0.2) is 35.3 Å². The fourth-order valence-electron chi connectivity index (χ4n) is 1.73. The van der Waals surface area contributed by atoms with E-state index in [2.05, 4.69) is 17.2 Å². The Morgan fingerprint density at radius 2 is 1.83 bits per heavy atom. The SMILES string of the molecule is C=C(C)C(=O)OC(C)NC(=O)NC(Cc1ccccc1)C(=O)O. The summed E-state index contributed by atoms with van der Waals surface area (Å²) in [7, 11) is 0. The summed E-state index contributed by atoms with van der Waals surface area (Å²) >= 11 is 0. The quantitative estimate of drug-likeness (QED) is 0.401. The van der Waals surface area contributed by atoms with E-state index in [0.29, 0.717) is 0 Å². The molecule has 2 amide bonds. The molecule has 0 aromatic heterocycles. The summed E-state index contributed by atoms with van der Waals surface area (Å²) in [5, 5.41) is 13.9. The van der Waals surface area contributed by atoms with Crippen LogP contribution in [0.1, 0.15) is 19.4 Å². The minimum atomic E-state index is -1.16. The van der Waals surface area contributed by atoms with Crippen molar-refractivity contribution in [3.63, 3.8) is 0 Å². The number of ether oxygens (including phenoxy) is 1. The van der Waals surface area contributed by atoms with Crippen LogP contribution in [0, 0.1) is 0 Å². The highest BCUT2D eigenvalue weighted by atomic mass is 16.6. The molecule has 124 valence electrons. The van der Waals surface area contributed by atoms with Gasteiger partial charge in [0.1, 0.15) is 6.04 Å². The number of rotatable bonds is 7. The van der Waals surface area contributed by atoms with Gasteiger partial charge in [0.2, 0.25) is 0 Å². The van der Waals surface area contributed by atoms with Gasteiger partial charge >= 0.3 is 18.0 Å². The molecule has 2 unspecified atom stereocenters. The molecule has 0 aliphatic rings. The maximum atomic E-state index is 11.8. The smallest absolute Gasteiger partial charge is 0.335 e. The molecule has 0 bridgehead atoms. The normalized spacial score (nSPS) is 12.6. The number of carboxylic acid groups (broad SMARTS) is 1. The highest BCUT2D eigenvalue weighted by Gasteiger charge is 2.21. The number of benzene rings is 1. The van der Waals surface area contributed by atoms with Crippen LogP contribution in [-0.2, 0) is 20.7 Å². The molecule has 7 heteroatoms. The van der Waals surface area contributed by atoms with Gasteiger partial charge in [-0.05, 0) is 19.4 Å². The van der Waals surface area contributed by atoms with E-state index in [9.17, 15) is 19.5 Å². The van der Waals surface area contributed by atoms with Crippen molar-refractivity contribution < 1.29 is 24.2 Å². The number of aliphatic carboxylic acids is 1. The second kappa shape index (κ2) is 8.57. The molecule has 0 aliphatic heterocycles. The molecule has 0 aliphatic carbocycles. The van der Waals surface area contributed by atoms with E-state index >= 15 is 0 Å². The van der Waals surface area contributed by atoms with Crippen molar-refractivity contribution >= 4 is 18.0 Å². The maximum Gasteiger partial charge on any atom is 0.335 e. The Morgan fingerprint density at radius 1 is 1.22 bits per heavy atom. The standard InChI is InChI=1S/C16H20N2O5/c1-10(2)15(21)23-11(3)17-16(22)18-13(14(19)20)9-12-7-5-4-6-8-12/h4-8,11,13H,1,9H2,2-3H3,(H,19,20)(H2,17,18,22). The third-order valence-electron chi connectivity index (χ3n) is 2.85. The number of hydrogen-bond donors (Lipinski definition) is 3. The predicted octanol–water partition coefficient (Wildman–Crippen LogP) is 1.45. The zero-order valence-electron chi connectivity index (χ0n) is 13.0. The molecule has 0 heterocycles. The van der Waals surface area contributed by atoms with Gasteiger partial charge in [0.05, 0.1) is 0 Å². The van der Waals surface area contributed by atoms with Crippen molar-refractivity contribution in [3.05, 3.63) is 48.0 Å². The molecule has 1 aromatic rings. The summed E-state index contributed by atoms with van der Waals surface area (Å²) < 4.78 is 4.88. The van der Waals surface area contributed by atoms with E-state index in [1.807, 2.05) is 6.07 Å². The number of esters is 1. The molecule has 3 N–H and O–H groups in total. The topological polar surface area (TPSA) is 105 Å². The average molecular weight is 320 g/mol. The Balaban J connectivity index is 2.56. The molecule has 0 saturated carbocycles. The fourth-order valence-corrected chi connectivity index (χ4v) is 1.73. The van der Waals surface area contributed by atoms with E-state index in [1.54, 1.807) is 24.3 Å². The number of carbonyl (C=O) groups is 3. The highest BCUT2D eigenvalue weighted by Crippen LogP contribution is 2.03. The number of carboxylic acids is 1. The molecule has 23 heavy (non-hydrogen) atoms. The summed E-state index contributed by atoms with van der Waals surface area (Å²) in [4.78, 5) is 34.4. The fraction of sp³-hybridized carbons (Fsp3) is 0.312. The minimum absolute atomic E-state index is 0.142. The van der Waals surface area contributed by atoms with Crippen molar-refractivity contribution in [2.75, 3.05) is 0 Å². The van der Waals surface area contributed by atoms with E-state index < -0.39 is 30.2 Å². The van der Waals surface area contributed by atoms with E-state index in [-0.39, 0.29) is 12.0 Å². The Morgan fingerprint density at radius 3 is 2.35 bits per heavy atom. The maximum absolute atomic E-state index is 11.8. The summed E-state index contributed by atoms with van der Waals surface area (Å²) in [5.41, 5.74) is 0.980. The monoisotopic (exact) mass is 320 g/mol. The van der Waals surface area contributed by atoms with Gasteiger partial charge < -0.3 is 20.5 Å². The molecule has 2 atom stereocenters. The van der Waals surface area contributed by atoms with Crippen LogP contribution in [0.25, 0.3) is 0 Å². The molecular formula is C16H20N2O5. The molecule has 0 fully saturated rings. The van der Waals surface area contributed by atoms with Crippen molar-refractivity contribution in [2.24, 2.45) is 0 Å². The third-order valence-corrected chi connectivity index (χ3v) is 2.85. The molecule has 0 radical (unpaired) electrons. The molecule has 1 rings (SSSR count). The van der Waals surface area contributed by atoms with Crippen LogP contribution in [0.4, 0.5) is 4.79 Å². The lowest BCUT2D eigenvalue weighted by Gasteiger charge is -2.18. The van der Waals surface area contributed by atoms with Gasteiger partial charge in [-0.15, -0.1) is 0 Å². The van der Waals surface area contributed by atoms with E-state index in [1.165, 1.54) is 13.8 Å². The molecule has 7 nitrogen and oxygen atoms in total. The Hall–Kier alpha value is -2.83. The minimum Gasteiger partial charge on any atom is -0.480 e. The zero-order valence-corrected chi connectivity index (χ0v) is 13.0. The van der Waals surface area contributed by atoms with Crippen LogP contribution in [0.2, 0.25) is 0 Å². The van der Waals surface area contributed by atoms with Crippen molar-refractivity contribution in [1.29, 1.82) is 0 Å². The Kier molecular flexibility index (Phi) is 6.79. The number of urea groups is 1. The largest absolute Gasteiger partial charge is 0.480 e. The number of carbonyl (C=O) groups excluding carboxylic acids is 2. The van der Waals surface area contributed by atoms with Crippen LogP contribution < -0.4 is 10.6 Å². The van der Waals surface area contributed by atoms with Gasteiger partial charge in [-0.1, -0.05) is 36.9 Å². The number of hydrogen-bond acceptors (Lipinski definition) is 4. The number of amides is 2. The summed E-state index contributed by atoms with van der Waals surface area (Å²) in [6.07, 6.45) is -0.769. The van der Waals surface area contributed by atoms with Crippen molar-refractivity contribution in [1.82, 2.24) is 10.6 Å². The molecule has 0 saturated heterocycles. The molecule has 1 aromatic carbocycles. The lowest BCUT2D eigenvalue weighted by Crippen LogP contribution is -2.50. The molecule has 0 spiro atoms. The van der Waals surface area contributed by atoms with Crippen LogP contribution in [0.3, 0.4) is 0 Å². The van der Waals surface area contributed by atoms with Crippen molar-refractivity contribution in [2.45, 2.75) is 32.5 Å². The highest BCUT2D eigenvalue weighted by molar-refractivity contribution is 5.87. The lowest BCUT2D eigenvalue weighted by atomic mass is 10.1. The van der Waals surface area contributed by atoms with Gasteiger partial charge in [0, 0.05) is 12.0 Å². The first-order valence-electron chi connectivity index (χ1n) is 7.00.